The highest BCUT2D eigenvalue weighted by molar-refractivity contribution is 6.30. The molecule has 0 saturated carbocycles. The van der Waals surface area contributed by atoms with Crippen LogP contribution in [-0.4, -0.2) is 27.9 Å². The third-order valence-corrected chi connectivity index (χ3v) is 5.30. The van der Waals surface area contributed by atoms with Gasteiger partial charge in [0.05, 0.1) is 23.5 Å². The summed E-state index contributed by atoms with van der Waals surface area (Å²) in [5.41, 5.74) is 4.56. The molecule has 1 aliphatic heterocycles. The van der Waals surface area contributed by atoms with Crippen LogP contribution in [0.1, 0.15) is 35.8 Å². The normalized spacial score (nSPS) is 18.1. The van der Waals surface area contributed by atoms with E-state index in [0.29, 0.717) is 6.04 Å². The standard InChI is InChI=1S/C20H22ClN3O/c1-14-19(24-12-16(21)8-9-20(24)22-14)13-23-10-4-7-18(23)15-5-3-6-17(11-15)25-2/h3,5-6,8-9,11-12,18H,4,7,10,13H2,1-2H3/t18-/m1/s1. The highest BCUT2D eigenvalue weighted by Crippen LogP contribution is 2.35. The van der Waals surface area contributed by atoms with Crippen LogP contribution in [0.2, 0.25) is 5.02 Å². The summed E-state index contributed by atoms with van der Waals surface area (Å²) in [7, 11) is 1.72. The minimum absolute atomic E-state index is 0.416. The Morgan fingerprint density at radius 2 is 2.16 bits per heavy atom. The molecule has 0 radical (unpaired) electrons. The van der Waals surface area contributed by atoms with Gasteiger partial charge in [-0.25, -0.2) is 4.98 Å². The average molecular weight is 356 g/mol. The number of hydrogen-bond acceptors (Lipinski definition) is 3. The maximum atomic E-state index is 6.20. The number of benzene rings is 1. The van der Waals surface area contributed by atoms with Crippen molar-refractivity contribution in [2.24, 2.45) is 0 Å². The van der Waals surface area contributed by atoms with Crippen molar-refractivity contribution in [1.82, 2.24) is 14.3 Å². The van der Waals surface area contributed by atoms with Gasteiger partial charge in [0.25, 0.3) is 0 Å². The molecule has 1 aliphatic rings. The summed E-state index contributed by atoms with van der Waals surface area (Å²) in [6.07, 6.45) is 4.34. The van der Waals surface area contributed by atoms with Gasteiger partial charge in [0.2, 0.25) is 0 Å². The van der Waals surface area contributed by atoms with Crippen LogP contribution in [0, 0.1) is 6.92 Å². The summed E-state index contributed by atoms with van der Waals surface area (Å²) >= 11 is 6.20. The van der Waals surface area contributed by atoms with Gasteiger partial charge in [-0.2, -0.15) is 0 Å². The summed E-state index contributed by atoms with van der Waals surface area (Å²) in [5, 5.41) is 0.733. The molecule has 3 aromatic rings. The molecule has 0 unspecified atom stereocenters. The lowest BCUT2D eigenvalue weighted by molar-refractivity contribution is 0.244. The van der Waals surface area contributed by atoms with E-state index in [9.17, 15) is 0 Å². The average Bonchev–Trinajstić information content (AvgIpc) is 3.20. The van der Waals surface area contributed by atoms with E-state index < -0.39 is 0 Å². The number of ether oxygens (including phenoxy) is 1. The number of hydrogen-bond donors (Lipinski definition) is 0. The zero-order valence-corrected chi connectivity index (χ0v) is 15.3. The third-order valence-electron chi connectivity index (χ3n) is 5.08. The maximum Gasteiger partial charge on any atom is 0.137 e. The molecule has 1 atom stereocenters. The van der Waals surface area contributed by atoms with Gasteiger partial charge in [-0.05, 0) is 56.1 Å². The fourth-order valence-corrected chi connectivity index (χ4v) is 3.97. The molecule has 4 rings (SSSR count). The lowest BCUT2D eigenvalue weighted by Crippen LogP contribution is -2.24. The number of pyridine rings is 1. The van der Waals surface area contributed by atoms with Crippen molar-refractivity contribution >= 4 is 17.2 Å². The highest BCUT2D eigenvalue weighted by atomic mass is 35.5. The lowest BCUT2D eigenvalue weighted by Gasteiger charge is -2.25. The first-order valence-corrected chi connectivity index (χ1v) is 9.04. The fraction of sp³-hybridized carbons (Fsp3) is 0.350. The van der Waals surface area contributed by atoms with E-state index in [4.69, 9.17) is 16.3 Å². The Morgan fingerprint density at radius 1 is 1.28 bits per heavy atom. The molecule has 1 fully saturated rings. The van der Waals surface area contributed by atoms with Gasteiger partial charge >= 0.3 is 0 Å². The number of likely N-dealkylation sites (tertiary alicyclic amines) is 1. The number of methoxy groups -OCH3 is 1. The van der Waals surface area contributed by atoms with Crippen LogP contribution in [0.25, 0.3) is 5.65 Å². The molecule has 0 aliphatic carbocycles. The van der Waals surface area contributed by atoms with Crippen molar-refractivity contribution in [1.29, 1.82) is 0 Å². The van der Waals surface area contributed by atoms with Crippen LogP contribution >= 0.6 is 11.6 Å². The molecule has 5 heteroatoms. The Bertz CT molecular complexity index is 905. The van der Waals surface area contributed by atoms with Gasteiger partial charge in [0.15, 0.2) is 0 Å². The number of aryl methyl sites for hydroxylation is 1. The second-order valence-electron chi connectivity index (χ2n) is 6.62. The number of rotatable bonds is 4. The first-order chi connectivity index (χ1) is 12.2. The van der Waals surface area contributed by atoms with Crippen molar-refractivity contribution in [2.75, 3.05) is 13.7 Å². The van der Waals surface area contributed by atoms with Crippen LogP contribution in [-0.2, 0) is 6.54 Å². The Labute approximate surface area is 153 Å². The first-order valence-electron chi connectivity index (χ1n) is 8.67. The highest BCUT2D eigenvalue weighted by Gasteiger charge is 2.27. The van der Waals surface area contributed by atoms with Gasteiger partial charge in [0, 0.05) is 18.8 Å². The molecule has 2 aromatic heterocycles. The topological polar surface area (TPSA) is 29.8 Å². The quantitative estimate of drug-likeness (QED) is 0.682. The lowest BCUT2D eigenvalue weighted by atomic mass is 10.0. The second kappa shape index (κ2) is 6.70. The zero-order chi connectivity index (χ0) is 17.4. The van der Waals surface area contributed by atoms with Gasteiger partial charge in [-0.15, -0.1) is 0 Å². The number of imidazole rings is 1. The maximum absolute atomic E-state index is 6.20. The number of fused-ring (bicyclic) bond motifs is 1. The Balaban J connectivity index is 1.65. The van der Waals surface area contributed by atoms with Crippen LogP contribution in [0.5, 0.6) is 5.75 Å². The van der Waals surface area contributed by atoms with E-state index in [1.54, 1.807) is 7.11 Å². The molecule has 0 spiro atoms. The summed E-state index contributed by atoms with van der Waals surface area (Å²) in [6.45, 7) is 4.04. The molecule has 130 valence electrons. The molecule has 4 nitrogen and oxygen atoms in total. The molecular formula is C20H22ClN3O. The Hall–Kier alpha value is -2.04. The van der Waals surface area contributed by atoms with Crippen LogP contribution < -0.4 is 4.74 Å². The molecule has 25 heavy (non-hydrogen) atoms. The van der Waals surface area contributed by atoms with Crippen LogP contribution in [0.3, 0.4) is 0 Å². The minimum atomic E-state index is 0.416. The van der Waals surface area contributed by atoms with Crippen molar-refractivity contribution in [3.8, 4) is 5.75 Å². The van der Waals surface area contributed by atoms with E-state index in [0.717, 1.165) is 35.2 Å². The third kappa shape index (κ3) is 3.12. The van der Waals surface area contributed by atoms with Crippen molar-refractivity contribution in [3.63, 3.8) is 0 Å². The first kappa shape index (κ1) is 16.4. The monoisotopic (exact) mass is 355 g/mol. The smallest absolute Gasteiger partial charge is 0.137 e. The van der Waals surface area contributed by atoms with E-state index in [2.05, 4.69) is 39.4 Å². The Morgan fingerprint density at radius 3 is 3.00 bits per heavy atom. The molecule has 1 aromatic carbocycles. The fourth-order valence-electron chi connectivity index (χ4n) is 3.81. The molecule has 0 N–H and O–H groups in total. The molecule has 0 amide bonds. The SMILES string of the molecule is COc1cccc([C@H]2CCCN2Cc2c(C)nc3ccc(Cl)cn23)c1. The summed E-state index contributed by atoms with van der Waals surface area (Å²) in [6, 6.07) is 12.7. The number of aromatic nitrogens is 2. The summed E-state index contributed by atoms with van der Waals surface area (Å²) in [5.74, 6) is 0.919. The van der Waals surface area contributed by atoms with E-state index >= 15 is 0 Å². The second-order valence-corrected chi connectivity index (χ2v) is 7.06. The number of nitrogens with zero attached hydrogens (tertiary/aromatic N) is 3. The van der Waals surface area contributed by atoms with Gasteiger partial charge in [0.1, 0.15) is 11.4 Å². The predicted molar refractivity (Wildman–Crippen MR) is 100 cm³/mol. The predicted octanol–water partition coefficient (Wildman–Crippen LogP) is 4.64. The van der Waals surface area contributed by atoms with E-state index in [-0.39, 0.29) is 0 Å². The zero-order valence-electron chi connectivity index (χ0n) is 14.6. The summed E-state index contributed by atoms with van der Waals surface area (Å²) < 4.78 is 7.52. The van der Waals surface area contributed by atoms with Crippen LogP contribution in [0.15, 0.2) is 42.6 Å². The minimum Gasteiger partial charge on any atom is -0.497 e. The largest absolute Gasteiger partial charge is 0.497 e. The van der Waals surface area contributed by atoms with Crippen molar-refractivity contribution in [2.45, 2.75) is 32.4 Å². The van der Waals surface area contributed by atoms with Gasteiger partial charge in [-0.1, -0.05) is 23.7 Å². The van der Waals surface area contributed by atoms with Crippen LogP contribution in [0.4, 0.5) is 0 Å². The van der Waals surface area contributed by atoms with Crippen molar-refractivity contribution in [3.05, 3.63) is 64.6 Å². The summed E-state index contributed by atoms with van der Waals surface area (Å²) in [4.78, 5) is 7.21. The van der Waals surface area contributed by atoms with E-state index in [1.165, 1.54) is 24.1 Å². The van der Waals surface area contributed by atoms with Gasteiger partial charge in [-0.3, -0.25) is 4.90 Å². The number of halogens is 1. The molecule has 3 heterocycles. The van der Waals surface area contributed by atoms with Gasteiger partial charge < -0.3 is 9.14 Å². The molecular weight excluding hydrogens is 334 g/mol. The molecule has 1 saturated heterocycles. The van der Waals surface area contributed by atoms with E-state index in [1.807, 2.05) is 24.4 Å². The van der Waals surface area contributed by atoms with Crippen molar-refractivity contribution < 1.29 is 4.74 Å². The molecule has 0 bridgehead atoms. The Kier molecular flexibility index (Phi) is 4.40.